The number of benzene rings is 1. The van der Waals surface area contributed by atoms with Crippen LogP contribution >= 0.6 is 0 Å². The predicted molar refractivity (Wildman–Crippen MR) is 56.3 cm³/mol. The summed E-state index contributed by atoms with van der Waals surface area (Å²) in [6.45, 7) is 0. The molecule has 2 rings (SSSR count). The molecule has 1 aromatic rings. The van der Waals surface area contributed by atoms with Crippen LogP contribution in [0, 0.1) is 0 Å². The molecular weight excluding hydrogens is 214 g/mol. The first kappa shape index (κ1) is 10.4. The Labute approximate surface area is 88.6 Å². The van der Waals surface area contributed by atoms with Gasteiger partial charge in [-0.2, -0.15) is 0 Å². The minimum atomic E-state index is -3.34. The fraction of sp³-hybridized carbons (Fsp3) is 0.400. The Morgan fingerprint density at radius 2 is 2.00 bits per heavy atom. The monoisotopic (exact) mass is 227 g/mol. The van der Waals surface area contributed by atoms with Gasteiger partial charge in [-0.25, -0.2) is 8.42 Å². The highest BCUT2D eigenvalue weighted by molar-refractivity contribution is 7.90. The molecule has 0 bridgehead atoms. The summed E-state index contributed by atoms with van der Waals surface area (Å²) < 4.78 is 23.0. The van der Waals surface area contributed by atoms with E-state index in [0.29, 0.717) is 18.4 Å². The van der Waals surface area contributed by atoms with Gasteiger partial charge in [0.25, 0.3) is 0 Å². The number of phenolic OH excluding ortho intramolecular Hbond substituents is 1. The van der Waals surface area contributed by atoms with Gasteiger partial charge in [0.05, 0.1) is 4.90 Å². The van der Waals surface area contributed by atoms with Crippen molar-refractivity contribution >= 4 is 9.84 Å². The maximum atomic E-state index is 11.5. The molecule has 0 saturated heterocycles. The Hall–Kier alpha value is -1.07. The van der Waals surface area contributed by atoms with Crippen molar-refractivity contribution < 1.29 is 13.5 Å². The Bertz CT molecular complexity index is 503. The van der Waals surface area contributed by atoms with Crippen LogP contribution in [0.4, 0.5) is 0 Å². The van der Waals surface area contributed by atoms with Gasteiger partial charge in [0, 0.05) is 17.4 Å². The lowest BCUT2D eigenvalue weighted by atomic mass is 10.0. The molecule has 1 aromatic carbocycles. The molecule has 0 radical (unpaired) electrons. The van der Waals surface area contributed by atoms with Crippen LogP contribution in [0.1, 0.15) is 18.4 Å². The lowest BCUT2D eigenvalue weighted by Gasteiger charge is -2.15. The number of phenols is 1. The largest absolute Gasteiger partial charge is 0.508 e. The first-order valence-corrected chi connectivity index (χ1v) is 6.55. The van der Waals surface area contributed by atoms with Crippen molar-refractivity contribution in [1.82, 2.24) is 0 Å². The van der Waals surface area contributed by atoms with E-state index in [0.717, 1.165) is 6.26 Å². The predicted octanol–water partition coefficient (Wildman–Crippen LogP) is 0.744. The van der Waals surface area contributed by atoms with E-state index in [4.69, 9.17) is 5.73 Å². The molecule has 15 heavy (non-hydrogen) atoms. The molecule has 0 atom stereocenters. The van der Waals surface area contributed by atoms with Gasteiger partial charge in [0.2, 0.25) is 0 Å². The highest BCUT2D eigenvalue weighted by Crippen LogP contribution is 2.48. The SMILES string of the molecule is CS(=O)(=O)c1cccc(O)c1C1(N)CC1. The van der Waals surface area contributed by atoms with E-state index in [1.165, 1.54) is 18.2 Å². The van der Waals surface area contributed by atoms with E-state index in [1.807, 2.05) is 0 Å². The van der Waals surface area contributed by atoms with Gasteiger partial charge >= 0.3 is 0 Å². The summed E-state index contributed by atoms with van der Waals surface area (Å²) in [4.78, 5) is 0.141. The van der Waals surface area contributed by atoms with Crippen LogP contribution in [0.15, 0.2) is 23.1 Å². The van der Waals surface area contributed by atoms with E-state index in [2.05, 4.69) is 0 Å². The zero-order valence-corrected chi connectivity index (χ0v) is 9.21. The Morgan fingerprint density at radius 3 is 2.47 bits per heavy atom. The summed E-state index contributed by atoms with van der Waals surface area (Å²) in [7, 11) is -3.34. The van der Waals surface area contributed by atoms with Gasteiger partial charge in [-0.1, -0.05) is 6.07 Å². The number of hydrogen-bond acceptors (Lipinski definition) is 4. The van der Waals surface area contributed by atoms with Gasteiger partial charge in [-0.3, -0.25) is 0 Å². The van der Waals surface area contributed by atoms with Crippen LogP contribution in [-0.4, -0.2) is 19.8 Å². The fourth-order valence-electron chi connectivity index (χ4n) is 1.71. The summed E-state index contributed by atoms with van der Waals surface area (Å²) >= 11 is 0. The Kier molecular flexibility index (Phi) is 2.06. The smallest absolute Gasteiger partial charge is 0.176 e. The van der Waals surface area contributed by atoms with Gasteiger partial charge in [0.1, 0.15) is 5.75 Å². The van der Waals surface area contributed by atoms with Gasteiger partial charge in [-0.15, -0.1) is 0 Å². The second-order valence-electron chi connectivity index (χ2n) is 4.08. The minimum absolute atomic E-state index is 0.0297. The zero-order chi connectivity index (χ0) is 11.3. The highest BCUT2D eigenvalue weighted by Gasteiger charge is 2.44. The number of aromatic hydroxyl groups is 1. The Balaban J connectivity index is 2.71. The highest BCUT2D eigenvalue weighted by atomic mass is 32.2. The van der Waals surface area contributed by atoms with Gasteiger partial charge < -0.3 is 10.8 Å². The first-order chi connectivity index (χ1) is 6.84. The lowest BCUT2D eigenvalue weighted by Crippen LogP contribution is -2.22. The second-order valence-corrected chi connectivity index (χ2v) is 6.06. The summed E-state index contributed by atoms with van der Waals surface area (Å²) in [6.07, 6.45) is 2.55. The molecule has 3 N–H and O–H groups in total. The molecule has 0 amide bonds. The van der Waals surface area contributed by atoms with Crippen LogP contribution in [0.25, 0.3) is 0 Å². The number of rotatable bonds is 2. The first-order valence-electron chi connectivity index (χ1n) is 4.66. The summed E-state index contributed by atoms with van der Waals surface area (Å²) in [5.74, 6) is -0.0297. The number of sulfone groups is 1. The molecule has 0 spiro atoms. The molecule has 0 unspecified atom stereocenters. The van der Waals surface area contributed by atoms with E-state index in [1.54, 1.807) is 0 Å². The molecule has 0 heterocycles. The molecule has 1 fully saturated rings. The van der Waals surface area contributed by atoms with Crippen LogP contribution in [-0.2, 0) is 15.4 Å². The van der Waals surface area contributed by atoms with Crippen molar-refractivity contribution in [3.05, 3.63) is 23.8 Å². The second kappa shape index (κ2) is 2.96. The third kappa shape index (κ3) is 1.72. The Morgan fingerprint density at radius 1 is 1.40 bits per heavy atom. The lowest BCUT2D eigenvalue weighted by molar-refractivity contribution is 0.455. The molecule has 0 aliphatic heterocycles. The average Bonchev–Trinajstić information content (AvgIpc) is 2.82. The third-order valence-electron chi connectivity index (χ3n) is 2.69. The topological polar surface area (TPSA) is 80.4 Å². The normalized spacial score (nSPS) is 18.8. The average molecular weight is 227 g/mol. The molecular formula is C10H13NO3S. The number of hydrogen-bond donors (Lipinski definition) is 2. The van der Waals surface area contributed by atoms with Crippen LogP contribution < -0.4 is 5.73 Å². The standard InChI is InChI=1S/C10H13NO3S/c1-15(13,14)8-4-2-3-7(12)9(8)10(11)5-6-10/h2-4,12H,5-6,11H2,1H3. The molecule has 1 aliphatic carbocycles. The van der Waals surface area contributed by atoms with Crippen LogP contribution in [0.5, 0.6) is 5.75 Å². The number of nitrogens with two attached hydrogens (primary N) is 1. The van der Waals surface area contributed by atoms with E-state index < -0.39 is 15.4 Å². The zero-order valence-electron chi connectivity index (χ0n) is 8.40. The van der Waals surface area contributed by atoms with Crippen molar-refractivity contribution in [3.63, 3.8) is 0 Å². The molecule has 82 valence electrons. The molecule has 1 aliphatic rings. The van der Waals surface area contributed by atoms with Crippen LogP contribution in [0.3, 0.4) is 0 Å². The van der Waals surface area contributed by atoms with Gasteiger partial charge in [-0.05, 0) is 25.0 Å². The maximum absolute atomic E-state index is 11.5. The van der Waals surface area contributed by atoms with Crippen molar-refractivity contribution in [2.75, 3.05) is 6.26 Å². The molecule has 5 heteroatoms. The third-order valence-corrected chi connectivity index (χ3v) is 3.83. The van der Waals surface area contributed by atoms with E-state index >= 15 is 0 Å². The quantitative estimate of drug-likeness (QED) is 0.781. The van der Waals surface area contributed by atoms with Crippen molar-refractivity contribution in [2.45, 2.75) is 23.3 Å². The molecule has 0 aromatic heterocycles. The fourth-order valence-corrected chi connectivity index (χ4v) is 2.72. The molecule has 4 nitrogen and oxygen atoms in total. The molecule has 1 saturated carbocycles. The van der Waals surface area contributed by atoms with Gasteiger partial charge in [0.15, 0.2) is 9.84 Å². The minimum Gasteiger partial charge on any atom is -0.508 e. The van der Waals surface area contributed by atoms with E-state index in [9.17, 15) is 13.5 Å². The maximum Gasteiger partial charge on any atom is 0.176 e. The summed E-state index contributed by atoms with van der Waals surface area (Å²) in [5, 5.41) is 9.69. The van der Waals surface area contributed by atoms with Crippen LogP contribution in [0.2, 0.25) is 0 Å². The van der Waals surface area contributed by atoms with Crippen molar-refractivity contribution in [1.29, 1.82) is 0 Å². The van der Waals surface area contributed by atoms with E-state index in [-0.39, 0.29) is 10.6 Å². The van der Waals surface area contributed by atoms with Crippen molar-refractivity contribution in [3.8, 4) is 5.75 Å². The summed E-state index contributed by atoms with van der Waals surface area (Å²) in [5.41, 5.74) is 5.66. The summed E-state index contributed by atoms with van der Waals surface area (Å²) in [6, 6.07) is 4.47. The van der Waals surface area contributed by atoms with Crippen molar-refractivity contribution in [2.24, 2.45) is 5.73 Å².